The summed E-state index contributed by atoms with van der Waals surface area (Å²) in [6.45, 7) is 7.05. The third-order valence-electron chi connectivity index (χ3n) is 4.50. The van der Waals surface area contributed by atoms with E-state index in [2.05, 4.69) is 20.8 Å². The molecule has 0 saturated carbocycles. The summed E-state index contributed by atoms with van der Waals surface area (Å²) in [5.41, 5.74) is 0. The van der Waals surface area contributed by atoms with E-state index in [0.29, 0.717) is 6.61 Å². The summed E-state index contributed by atoms with van der Waals surface area (Å²) in [5, 5.41) is 8.83. The molecule has 1 heterocycles. The molecular weight excluding hydrogens is 220 g/mol. The molecule has 1 unspecified atom stereocenters. The normalized spacial score (nSPS) is 26.7. The van der Waals surface area contributed by atoms with Crippen molar-refractivity contribution in [1.29, 1.82) is 0 Å². The van der Waals surface area contributed by atoms with E-state index in [1.165, 1.54) is 0 Å². The second-order valence-electron chi connectivity index (χ2n) is 4.78. The Labute approximate surface area is 99.2 Å². The predicted molar refractivity (Wildman–Crippen MR) is 67.4 cm³/mol. The highest BCUT2D eigenvalue weighted by Crippen LogP contribution is 2.41. The van der Waals surface area contributed by atoms with E-state index in [0.717, 1.165) is 37.4 Å². The molecule has 0 spiro atoms. The highest BCUT2D eigenvalue weighted by molar-refractivity contribution is 6.85. The Morgan fingerprint density at radius 2 is 1.81 bits per heavy atom. The van der Waals surface area contributed by atoms with Gasteiger partial charge in [-0.1, -0.05) is 38.9 Å². The molecule has 0 aromatic heterocycles. The molecule has 3 nitrogen and oxygen atoms in total. The number of carboxylic acids is 1. The second kappa shape index (κ2) is 5.32. The number of hydrogen-bond donors (Lipinski definition) is 1. The Bertz CT molecular complexity index is 234. The number of ether oxygens (including phenoxy) is 1. The summed E-state index contributed by atoms with van der Waals surface area (Å²) >= 11 is 0. The number of carbonyl (C=O) groups is 1. The van der Waals surface area contributed by atoms with Crippen LogP contribution in [0, 0.1) is 0 Å². The first kappa shape index (κ1) is 13.7. The lowest BCUT2D eigenvalue weighted by atomic mass is 10.1. The maximum atomic E-state index is 11.7. The van der Waals surface area contributed by atoms with E-state index < -0.39 is 19.3 Å². The molecule has 4 heteroatoms. The van der Waals surface area contributed by atoms with Gasteiger partial charge >= 0.3 is 5.97 Å². The molecule has 1 aliphatic heterocycles. The van der Waals surface area contributed by atoms with E-state index in [4.69, 9.17) is 4.74 Å². The quantitative estimate of drug-likeness (QED) is 0.756. The van der Waals surface area contributed by atoms with Crippen molar-refractivity contribution in [3.63, 3.8) is 0 Å². The van der Waals surface area contributed by atoms with Gasteiger partial charge in [0, 0.05) is 6.61 Å². The van der Waals surface area contributed by atoms with Gasteiger partial charge in [0.05, 0.1) is 0 Å². The zero-order valence-electron chi connectivity index (χ0n) is 10.7. The van der Waals surface area contributed by atoms with Crippen LogP contribution in [0.1, 0.15) is 40.0 Å². The van der Waals surface area contributed by atoms with Crippen LogP contribution in [0.3, 0.4) is 0 Å². The molecule has 0 aromatic carbocycles. The Morgan fingerprint density at radius 1 is 1.25 bits per heavy atom. The van der Waals surface area contributed by atoms with Crippen LogP contribution in [0.5, 0.6) is 0 Å². The van der Waals surface area contributed by atoms with E-state index >= 15 is 0 Å². The van der Waals surface area contributed by atoms with Gasteiger partial charge < -0.3 is 9.84 Å². The van der Waals surface area contributed by atoms with Crippen molar-refractivity contribution in [3.8, 4) is 0 Å². The summed E-state index contributed by atoms with van der Waals surface area (Å²) in [7, 11) is -1.85. The zero-order chi connectivity index (χ0) is 12.2. The fraction of sp³-hybridized carbons (Fsp3) is 0.917. The Kier molecular flexibility index (Phi) is 4.56. The summed E-state index contributed by atoms with van der Waals surface area (Å²) in [6, 6.07) is 3.02. The minimum Gasteiger partial charge on any atom is -0.479 e. The van der Waals surface area contributed by atoms with E-state index in [-0.39, 0.29) is 0 Å². The molecule has 16 heavy (non-hydrogen) atoms. The second-order valence-corrected chi connectivity index (χ2v) is 10.3. The fourth-order valence-corrected chi connectivity index (χ4v) is 8.00. The van der Waals surface area contributed by atoms with Gasteiger partial charge in [0.25, 0.3) is 0 Å². The zero-order valence-corrected chi connectivity index (χ0v) is 11.7. The van der Waals surface area contributed by atoms with Crippen LogP contribution in [0.15, 0.2) is 0 Å². The molecule has 0 amide bonds. The van der Waals surface area contributed by atoms with Crippen LogP contribution in [0.2, 0.25) is 18.1 Å². The first-order chi connectivity index (χ1) is 7.58. The Morgan fingerprint density at radius 3 is 2.12 bits per heavy atom. The van der Waals surface area contributed by atoms with Crippen molar-refractivity contribution in [2.24, 2.45) is 0 Å². The van der Waals surface area contributed by atoms with Crippen molar-refractivity contribution >= 4 is 14.0 Å². The van der Waals surface area contributed by atoms with Gasteiger partial charge in [-0.3, -0.25) is 0 Å². The molecule has 94 valence electrons. The molecule has 0 aromatic rings. The summed E-state index contributed by atoms with van der Waals surface area (Å²) in [5.74, 6) is -0.704. The average molecular weight is 244 g/mol. The Hall–Kier alpha value is -0.353. The van der Waals surface area contributed by atoms with E-state index in [1.807, 2.05) is 0 Å². The number of aliphatic carboxylic acids is 1. The number of hydrogen-bond acceptors (Lipinski definition) is 2. The average Bonchev–Trinajstić information content (AvgIpc) is 2.33. The standard InChI is InChI=1S/C12H24O3Si/c1-4-16(5-2,6-3)12(11(13)14)9-7-8-10-15-12/h4-10H2,1-3H3,(H,13,14). The van der Waals surface area contributed by atoms with Gasteiger partial charge in [-0.05, 0) is 19.3 Å². The first-order valence-electron chi connectivity index (χ1n) is 6.46. The highest BCUT2D eigenvalue weighted by atomic mass is 28.3. The van der Waals surface area contributed by atoms with Crippen molar-refractivity contribution in [2.45, 2.75) is 63.4 Å². The molecule has 1 saturated heterocycles. The summed E-state index contributed by atoms with van der Waals surface area (Å²) in [6.07, 6.45) is 2.74. The molecule has 1 fully saturated rings. The molecule has 0 bridgehead atoms. The summed E-state index contributed by atoms with van der Waals surface area (Å²) < 4.78 is 5.83. The van der Waals surface area contributed by atoms with Crippen molar-refractivity contribution in [2.75, 3.05) is 6.61 Å². The predicted octanol–water partition coefficient (Wildman–Crippen LogP) is 3.06. The van der Waals surface area contributed by atoms with Gasteiger partial charge in [0.2, 0.25) is 0 Å². The lowest BCUT2D eigenvalue weighted by Gasteiger charge is -2.47. The monoisotopic (exact) mass is 244 g/mol. The third kappa shape index (κ3) is 1.93. The van der Waals surface area contributed by atoms with E-state index in [9.17, 15) is 9.90 Å². The molecule has 1 N–H and O–H groups in total. The topological polar surface area (TPSA) is 46.5 Å². The van der Waals surface area contributed by atoms with E-state index in [1.54, 1.807) is 0 Å². The molecular formula is C12H24O3Si. The molecule has 1 aliphatic rings. The van der Waals surface area contributed by atoms with Gasteiger partial charge in [0.15, 0.2) is 5.22 Å². The van der Waals surface area contributed by atoms with Gasteiger partial charge in [-0.2, -0.15) is 0 Å². The highest BCUT2D eigenvalue weighted by Gasteiger charge is 2.56. The summed E-state index contributed by atoms with van der Waals surface area (Å²) in [4.78, 5) is 11.7. The fourth-order valence-electron chi connectivity index (χ4n) is 3.22. The van der Waals surface area contributed by atoms with Crippen molar-refractivity contribution < 1.29 is 14.6 Å². The molecule has 0 aliphatic carbocycles. The number of carboxylic acid groups (broad SMARTS) is 1. The van der Waals surface area contributed by atoms with Crippen molar-refractivity contribution in [3.05, 3.63) is 0 Å². The lowest BCUT2D eigenvalue weighted by Crippen LogP contribution is -2.65. The Balaban J connectivity index is 3.11. The minimum absolute atomic E-state index is 0.626. The van der Waals surface area contributed by atoms with Gasteiger partial charge in [-0.15, -0.1) is 0 Å². The first-order valence-corrected chi connectivity index (χ1v) is 9.08. The molecule has 1 rings (SSSR count). The van der Waals surface area contributed by atoms with Crippen LogP contribution in [0.25, 0.3) is 0 Å². The van der Waals surface area contributed by atoms with Crippen LogP contribution in [0.4, 0.5) is 0 Å². The molecule has 1 atom stereocenters. The molecule has 0 radical (unpaired) electrons. The van der Waals surface area contributed by atoms with Gasteiger partial charge in [-0.25, -0.2) is 4.79 Å². The third-order valence-corrected chi connectivity index (χ3v) is 10.9. The maximum absolute atomic E-state index is 11.7. The van der Waals surface area contributed by atoms with Crippen LogP contribution >= 0.6 is 0 Å². The smallest absolute Gasteiger partial charge is 0.332 e. The van der Waals surface area contributed by atoms with Crippen LogP contribution < -0.4 is 0 Å². The van der Waals surface area contributed by atoms with Crippen LogP contribution in [-0.2, 0) is 9.53 Å². The van der Waals surface area contributed by atoms with Gasteiger partial charge in [0.1, 0.15) is 8.07 Å². The van der Waals surface area contributed by atoms with Crippen molar-refractivity contribution in [1.82, 2.24) is 0 Å². The maximum Gasteiger partial charge on any atom is 0.332 e. The minimum atomic E-state index is -1.85. The lowest BCUT2D eigenvalue weighted by molar-refractivity contribution is -0.160. The van der Waals surface area contributed by atoms with Crippen LogP contribution in [-0.4, -0.2) is 31.0 Å². The largest absolute Gasteiger partial charge is 0.479 e. The number of rotatable bonds is 5. The SMILES string of the molecule is CC[Si](CC)(CC)C1(C(=O)O)CCCCO1.